The van der Waals surface area contributed by atoms with E-state index in [9.17, 15) is 9.59 Å². The van der Waals surface area contributed by atoms with E-state index in [2.05, 4.69) is 26.2 Å². The van der Waals surface area contributed by atoms with Crippen LogP contribution in [0.4, 0.5) is 0 Å². The number of carbonyl (C=O) groups excluding carboxylic acids is 1. The molecule has 2 aromatic carbocycles. The fourth-order valence-corrected chi connectivity index (χ4v) is 4.90. The standard InChI is InChI=1S/C28H26BrN3O2/c1-17(2)30-28(34)24-15-21-11-10-20-14-23(19-6-4-3-5-7-19)27(33)31-25(20)26(21)32(24)16-18-8-12-22(29)13-9-18/h3-9,12-15,17H,10-11,16H2,1-2H3,(H,30,34)(H,31,33). The van der Waals surface area contributed by atoms with Crippen molar-refractivity contribution in [3.63, 3.8) is 0 Å². The lowest BCUT2D eigenvalue weighted by Gasteiger charge is -2.21. The van der Waals surface area contributed by atoms with Crippen LogP contribution in [0.2, 0.25) is 0 Å². The van der Waals surface area contributed by atoms with Crippen molar-refractivity contribution in [3.8, 4) is 22.5 Å². The van der Waals surface area contributed by atoms with E-state index in [1.807, 2.05) is 85.1 Å². The van der Waals surface area contributed by atoms with Gasteiger partial charge in [-0.25, -0.2) is 0 Å². The Labute approximate surface area is 207 Å². The molecule has 0 aliphatic heterocycles. The maximum absolute atomic E-state index is 13.1. The van der Waals surface area contributed by atoms with Crippen molar-refractivity contribution in [1.82, 2.24) is 14.9 Å². The summed E-state index contributed by atoms with van der Waals surface area (Å²) in [4.78, 5) is 29.5. The van der Waals surface area contributed by atoms with Gasteiger partial charge >= 0.3 is 0 Å². The first-order valence-corrected chi connectivity index (χ1v) is 12.3. The third kappa shape index (κ3) is 4.26. The zero-order valence-corrected chi connectivity index (χ0v) is 20.8. The molecule has 1 amide bonds. The minimum atomic E-state index is -0.123. The van der Waals surface area contributed by atoms with Gasteiger partial charge in [-0.3, -0.25) is 9.59 Å². The lowest BCUT2D eigenvalue weighted by molar-refractivity contribution is 0.0934. The van der Waals surface area contributed by atoms with Gasteiger partial charge in [-0.2, -0.15) is 0 Å². The Hall–Kier alpha value is -3.38. The average Bonchev–Trinajstić information content (AvgIpc) is 3.19. The molecule has 0 fully saturated rings. The van der Waals surface area contributed by atoms with Gasteiger partial charge in [-0.1, -0.05) is 58.4 Å². The molecule has 0 bridgehead atoms. The summed E-state index contributed by atoms with van der Waals surface area (Å²) in [5.41, 5.74) is 7.06. The van der Waals surface area contributed by atoms with Crippen molar-refractivity contribution in [3.05, 3.63) is 104 Å². The predicted octanol–water partition coefficient (Wildman–Crippen LogP) is 5.56. The van der Waals surface area contributed by atoms with Gasteiger partial charge in [-0.05, 0) is 73.2 Å². The highest BCUT2D eigenvalue weighted by atomic mass is 79.9. The van der Waals surface area contributed by atoms with Crippen LogP contribution >= 0.6 is 15.9 Å². The summed E-state index contributed by atoms with van der Waals surface area (Å²) >= 11 is 3.49. The quantitative estimate of drug-likeness (QED) is 0.365. The number of H-pyrrole nitrogens is 1. The summed E-state index contributed by atoms with van der Waals surface area (Å²) in [5.74, 6) is -0.105. The first-order valence-electron chi connectivity index (χ1n) is 11.5. The zero-order valence-electron chi connectivity index (χ0n) is 19.2. The molecule has 0 radical (unpaired) electrons. The van der Waals surface area contributed by atoms with Gasteiger partial charge in [0, 0.05) is 22.6 Å². The topological polar surface area (TPSA) is 66.9 Å². The number of benzene rings is 2. The minimum Gasteiger partial charge on any atom is -0.349 e. The Kier molecular flexibility index (Phi) is 6.00. The molecule has 0 spiro atoms. The number of aromatic amines is 1. The van der Waals surface area contributed by atoms with Gasteiger partial charge in [0.25, 0.3) is 11.5 Å². The Morgan fingerprint density at radius 1 is 1.03 bits per heavy atom. The number of hydrogen-bond acceptors (Lipinski definition) is 2. The van der Waals surface area contributed by atoms with Gasteiger partial charge in [0.2, 0.25) is 0 Å². The monoisotopic (exact) mass is 515 g/mol. The van der Waals surface area contributed by atoms with Crippen LogP contribution in [0.25, 0.3) is 22.5 Å². The molecule has 5 nitrogen and oxygen atoms in total. The molecule has 0 saturated carbocycles. The Morgan fingerprint density at radius 2 is 1.74 bits per heavy atom. The molecular weight excluding hydrogens is 490 g/mol. The van der Waals surface area contributed by atoms with Crippen LogP contribution in [0.5, 0.6) is 0 Å². The van der Waals surface area contributed by atoms with Gasteiger partial charge < -0.3 is 14.9 Å². The second kappa shape index (κ2) is 9.11. The summed E-state index contributed by atoms with van der Waals surface area (Å²) in [5, 5.41) is 3.03. The first kappa shape index (κ1) is 22.4. The number of amides is 1. The summed E-state index contributed by atoms with van der Waals surface area (Å²) in [6.07, 6.45) is 1.63. The van der Waals surface area contributed by atoms with Crippen LogP contribution in [0.15, 0.2) is 76.0 Å². The molecule has 0 saturated heterocycles. The minimum absolute atomic E-state index is 0.0288. The van der Waals surface area contributed by atoms with Crippen LogP contribution in [0.1, 0.15) is 41.0 Å². The lowest BCUT2D eigenvalue weighted by atomic mass is 9.92. The predicted molar refractivity (Wildman–Crippen MR) is 139 cm³/mol. The van der Waals surface area contributed by atoms with Gasteiger partial charge in [0.1, 0.15) is 5.69 Å². The van der Waals surface area contributed by atoms with Crippen molar-refractivity contribution in [2.24, 2.45) is 0 Å². The zero-order chi connectivity index (χ0) is 23.8. The number of aromatic nitrogens is 2. The normalized spacial score (nSPS) is 12.4. The average molecular weight is 516 g/mol. The fraction of sp³-hybridized carbons (Fsp3) is 0.214. The summed E-state index contributed by atoms with van der Waals surface area (Å²) in [7, 11) is 0. The van der Waals surface area contributed by atoms with Crippen LogP contribution in [0, 0.1) is 0 Å². The third-order valence-corrected chi connectivity index (χ3v) is 6.72. The molecule has 2 N–H and O–H groups in total. The van der Waals surface area contributed by atoms with Crippen molar-refractivity contribution >= 4 is 21.8 Å². The van der Waals surface area contributed by atoms with Crippen LogP contribution in [-0.2, 0) is 19.4 Å². The number of halogens is 1. The second-order valence-electron chi connectivity index (χ2n) is 9.02. The molecule has 2 aromatic heterocycles. The molecule has 6 heteroatoms. The number of fused-ring (bicyclic) bond motifs is 3. The summed E-state index contributed by atoms with van der Waals surface area (Å²) in [6.45, 7) is 4.45. The molecule has 0 unspecified atom stereocenters. The Balaban J connectivity index is 1.66. The highest BCUT2D eigenvalue weighted by Gasteiger charge is 2.27. The summed E-state index contributed by atoms with van der Waals surface area (Å²) < 4.78 is 3.05. The molecule has 1 aliphatic rings. The molecule has 172 valence electrons. The molecule has 5 rings (SSSR count). The second-order valence-corrected chi connectivity index (χ2v) is 9.94. The van der Waals surface area contributed by atoms with Gasteiger partial charge in [0.15, 0.2) is 0 Å². The molecule has 34 heavy (non-hydrogen) atoms. The number of aryl methyl sites for hydroxylation is 2. The maximum atomic E-state index is 13.1. The molecule has 2 heterocycles. The highest BCUT2D eigenvalue weighted by molar-refractivity contribution is 9.10. The maximum Gasteiger partial charge on any atom is 0.268 e. The first-order chi connectivity index (χ1) is 16.4. The highest BCUT2D eigenvalue weighted by Crippen LogP contribution is 2.36. The third-order valence-electron chi connectivity index (χ3n) is 6.19. The number of pyridine rings is 1. The van der Waals surface area contributed by atoms with Crippen LogP contribution < -0.4 is 10.9 Å². The van der Waals surface area contributed by atoms with E-state index in [4.69, 9.17) is 0 Å². The number of rotatable bonds is 5. The van der Waals surface area contributed by atoms with E-state index >= 15 is 0 Å². The van der Waals surface area contributed by atoms with Crippen molar-refractivity contribution in [1.29, 1.82) is 0 Å². The van der Waals surface area contributed by atoms with Crippen molar-refractivity contribution in [2.45, 2.75) is 39.3 Å². The van der Waals surface area contributed by atoms with Gasteiger partial charge in [0.05, 0.1) is 11.4 Å². The Morgan fingerprint density at radius 3 is 2.44 bits per heavy atom. The van der Waals surface area contributed by atoms with E-state index in [0.29, 0.717) is 17.8 Å². The van der Waals surface area contributed by atoms with Crippen molar-refractivity contribution < 1.29 is 4.79 Å². The number of carbonyl (C=O) groups is 1. The summed E-state index contributed by atoms with van der Waals surface area (Å²) in [6, 6.07) is 21.9. The van der Waals surface area contributed by atoms with E-state index in [-0.39, 0.29) is 17.5 Å². The largest absolute Gasteiger partial charge is 0.349 e. The van der Waals surface area contributed by atoms with Crippen molar-refractivity contribution in [2.75, 3.05) is 0 Å². The fourth-order valence-electron chi connectivity index (χ4n) is 4.64. The lowest BCUT2D eigenvalue weighted by Crippen LogP contribution is -2.32. The van der Waals surface area contributed by atoms with Crippen LogP contribution in [0.3, 0.4) is 0 Å². The molecule has 4 aromatic rings. The number of nitrogens with one attached hydrogen (secondary N) is 2. The number of hydrogen-bond donors (Lipinski definition) is 2. The van der Waals surface area contributed by atoms with E-state index in [0.717, 1.165) is 51.0 Å². The van der Waals surface area contributed by atoms with Crippen LogP contribution in [-0.4, -0.2) is 21.5 Å². The van der Waals surface area contributed by atoms with Gasteiger partial charge in [-0.15, -0.1) is 0 Å². The smallest absolute Gasteiger partial charge is 0.268 e. The van der Waals surface area contributed by atoms with E-state index in [1.165, 1.54) is 0 Å². The molecular formula is C28H26BrN3O2. The molecule has 0 atom stereocenters. The molecule has 1 aliphatic carbocycles. The SMILES string of the molecule is CC(C)NC(=O)c1cc2c(n1Cc1ccc(Br)cc1)-c1[nH]c(=O)c(-c3ccccc3)cc1CC2. The van der Waals surface area contributed by atoms with E-state index in [1.54, 1.807) is 0 Å². The number of nitrogens with zero attached hydrogens (tertiary/aromatic N) is 1. The Bertz CT molecular complexity index is 1420. The van der Waals surface area contributed by atoms with E-state index < -0.39 is 0 Å².